The lowest BCUT2D eigenvalue weighted by atomic mass is 9.80. The maximum atomic E-state index is 12.2. The second-order valence-corrected chi connectivity index (χ2v) is 6.36. The molecule has 0 atom stereocenters. The fourth-order valence-electron chi connectivity index (χ4n) is 3.22. The Kier molecular flexibility index (Phi) is 3.31. The standard InChI is InChI=1S/C14H18N2O2S/c17-12-14(7-2-1-3-8-14)16(13(18)15-12)9-6-11-5-4-10-19-11/h4-5,10H,1-3,6-9H2,(H,15,17,18). The van der Waals surface area contributed by atoms with Gasteiger partial charge in [-0.15, -0.1) is 11.3 Å². The number of hydrogen-bond acceptors (Lipinski definition) is 3. The van der Waals surface area contributed by atoms with E-state index in [9.17, 15) is 9.59 Å². The number of nitrogens with one attached hydrogen (secondary N) is 1. The van der Waals surface area contributed by atoms with E-state index < -0.39 is 5.54 Å². The average Bonchev–Trinajstić information content (AvgIpc) is 2.99. The van der Waals surface area contributed by atoms with Gasteiger partial charge in [-0.2, -0.15) is 0 Å². The fourth-order valence-corrected chi connectivity index (χ4v) is 3.92. The molecule has 0 unspecified atom stereocenters. The summed E-state index contributed by atoms with van der Waals surface area (Å²) in [5.41, 5.74) is -0.549. The second-order valence-electron chi connectivity index (χ2n) is 5.33. The minimum absolute atomic E-state index is 0.0802. The van der Waals surface area contributed by atoms with Gasteiger partial charge in [-0.1, -0.05) is 25.3 Å². The van der Waals surface area contributed by atoms with Crippen molar-refractivity contribution < 1.29 is 9.59 Å². The van der Waals surface area contributed by atoms with E-state index in [0.717, 1.165) is 32.1 Å². The van der Waals surface area contributed by atoms with Crippen molar-refractivity contribution in [3.63, 3.8) is 0 Å². The van der Waals surface area contributed by atoms with Crippen LogP contribution in [0.15, 0.2) is 17.5 Å². The van der Waals surface area contributed by atoms with Crippen LogP contribution in [-0.4, -0.2) is 28.9 Å². The van der Waals surface area contributed by atoms with Gasteiger partial charge < -0.3 is 4.90 Å². The van der Waals surface area contributed by atoms with E-state index in [4.69, 9.17) is 0 Å². The van der Waals surface area contributed by atoms with Crippen LogP contribution >= 0.6 is 11.3 Å². The summed E-state index contributed by atoms with van der Waals surface area (Å²) in [6.45, 7) is 0.637. The zero-order valence-electron chi connectivity index (χ0n) is 10.9. The quantitative estimate of drug-likeness (QED) is 0.864. The summed E-state index contributed by atoms with van der Waals surface area (Å²) in [4.78, 5) is 27.2. The van der Waals surface area contributed by atoms with E-state index in [1.807, 2.05) is 11.4 Å². The summed E-state index contributed by atoms with van der Waals surface area (Å²) in [5.74, 6) is -0.0802. The molecular formula is C14H18N2O2S. The van der Waals surface area contributed by atoms with E-state index in [1.165, 1.54) is 11.3 Å². The van der Waals surface area contributed by atoms with Gasteiger partial charge in [0.25, 0.3) is 5.91 Å². The molecule has 2 fully saturated rings. The minimum Gasteiger partial charge on any atom is -0.309 e. The van der Waals surface area contributed by atoms with E-state index in [0.29, 0.717) is 6.54 Å². The van der Waals surface area contributed by atoms with Crippen LogP contribution < -0.4 is 5.32 Å². The molecule has 1 N–H and O–H groups in total. The molecule has 5 heteroatoms. The third-order valence-corrected chi connectivity index (χ3v) is 5.18. The van der Waals surface area contributed by atoms with Crippen LogP contribution in [0, 0.1) is 0 Å². The molecule has 1 spiro atoms. The molecule has 1 aromatic heterocycles. The first-order chi connectivity index (χ1) is 9.22. The van der Waals surface area contributed by atoms with Crippen molar-refractivity contribution >= 4 is 23.3 Å². The summed E-state index contributed by atoms with van der Waals surface area (Å²) in [6.07, 6.45) is 5.71. The topological polar surface area (TPSA) is 49.4 Å². The predicted molar refractivity (Wildman–Crippen MR) is 74.1 cm³/mol. The highest BCUT2D eigenvalue weighted by molar-refractivity contribution is 7.09. The van der Waals surface area contributed by atoms with Crippen LogP contribution in [0.5, 0.6) is 0 Å². The SMILES string of the molecule is O=C1NC(=O)C2(CCCCC2)N1CCc1cccs1. The molecule has 2 heterocycles. The van der Waals surface area contributed by atoms with E-state index in [1.54, 1.807) is 16.2 Å². The normalized spacial score (nSPS) is 22.0. The number of amides is 3. The molecule has 3 amide bonds. The Morgan fingerprint density at radius 1 is 1.26 bits per heavy atom. The largest absolute Gasteiger partial charge is 0.325 e. The molecule has 2 aliphatic rings. The van der Waals surface area contributed by atoms with Gasteiger partial charge in [-0.05, 0) is 30.7 Å². The Morgan fingerprint density at radius 3 is 2.74 bits per heavy atom. The number of urea groups is 1. The number of hydrogen-bond donors (Lipinski definition) is 1. The molecule has 0 bridgehead atoms. The van der Waals surface area contributed by atoms with Crippen molar-refractivity contribution in [2.75, 3.05) is 6.54 Å². The van der Waals surface area contributed by atoms with Crippen molar-refractivity contribution in [3.05, 3.63) is 22.4 Å². The van der Waals surface area contributed by atoms with Crippen molar-refractivity contribution in [3.8, 4) is 0 Å². The number of rotatable bonds is 3. The summed E-state index contributed by atoms with van der Waals surface area (Å²) in [7, 11) is 0. The Hall–Kier alpha value is -1.36. The van der Waals surface area contributed by atoms with Gasteiger partial charge in [-0.3, -0.25) is 10.1 Å². The molecule has 1 aromatic rings. The zero-order chi connectivity index (χ0) is 13.3. The van der Waals surface area contributed by atoms with E-state index in [2.05, 4.69) is 11.4 Å². The lowest BCUT2D eigenvalue weighted by Crippen LogP contribution is -2.51. The van der Waals surface area contributed by atoms with Crippen LogP contribution in [0.1, 0.15) is 37.0 Å². The van der Waals surface area contributed by atoms with Crippen molar-refractivity contribution in [2.45, 2.75) is 44.1 Å². The molecule has 1 saturated heterocycles. The summed E-state index contributed by atoms with van der Waals surface area (Å²) >= 11 is 1.70. The van der Waals surface area contributed by atoms with Crippen molar-refractivity contribution in [2.24, 2.45) is 0 Å². The van der Waals surface area contributed by atoms with Gasteiger partial charge >= 0.3 is 6.03 Å². The smallest absolute Gasteiger partial charge is 0.309 e. The Bertz CT molecular complexity index is 478. The van der Waals surface area contributed by atoms with E-state index >= 15 is 0 Å². The van der Waals surface area contributed by atoms with Gasteiger partial charge in [0, 0.05) is 11.4 Å². The molecule has 102 valence electrons. The highest BCUT2D eigenvalue weighted by atomic mass is 32.1. The molecular weight excluding hydrogens is 260 g/mol. The zero-order valence-corrected chi connectivity index (χ0v) is 11.7. The first kappa shape index (κ1) is 12.7. The summed E-state index contributed by atoms with van der Waals surface area (Å²) in [5, 5.41) is 4.55. The summed E-state index contributed by atoms with van der Waals surface area (Å²) < 4.78 is 0. The monoisotopic (exact) mass is 278 g/mol. The lowest BCUT2D eigenvalue weighted by Gasteiger charge is -2.38. The van der Waals surface area contributed by atoms with Gasteiger partial charge in [0.15, 0.2) is 0 Å². The molecule has 1 saturated carbocycles. The molecule has 1 aliphatic carbocycles. The maximum Gasteiger partial charge on any atom is 0.325 e. The highest BCUT2D eigenvalue weighted by Crippen LogP contribution is 2.37. The Labute approximate surface area is 116 Å². The van der Waals surface area contributed by atoms with Gasteiger partial charge in [0.1, 0.15) is 5.54 Å². The lowest BCUT2D eigenvalue weighted by molar-refractivity contribution is -0.128. The molecule has 0 aromatic carbocycles. The number of thiophene rings is 1. The molecule has 0 radical (unpaired) electrons. The van der Waals surface area contributed by atoms with Crippen LogP contribution in [0.2, 0.25) is 0 Å². The molecule has 19 heavy (non-hydrogen) atoms. The Morgan fingerprint density at radius 2 is 2.05 bits per heavy atom. The number of imide groups is 1. The Balaban J connectivity index is 1.76. The number of nitrogens with zero attached hydrogens (tertiary/aromatic N) is 1. The first-order valence-corrected chi connectivity index (χ1v) is 7.76. The van der Waals surface area contributed by atoms with E-state index in [-0.39, 0.29) is 11.9 Å². The van der Waals surface area contributed by atoms with Crippen LogP contribution in [-0.2, 0) is 11.2 Å². The number of carbonyl (C=O) groups excluding carboxylic acids is 2. The van der Waals surface area contributed by atoms with Gasteiger partial charge in [0.2, 0.25) is 0 Å². The van der Waals surface area contributed by atoms with Crippen molar-refractivity contribution in [1.29, 1.82) is 0 Å². The fraction of sp³-hybridized carbons (Fsp3) is 0.571. The molecule has 4 nitrogen and oxygen atoms in total. The third kappa shape index (κ3) is 2.16. The van der Waals surface area contributed by atoms with Gasteiger partial charge in [0.05, 0.1) is 0 Å². The summed E-state index contributed by atoms with van der Waals surface area (Å²) in [6, 6.07) is 3.89. The second kappa shape index (κ2) is 4.96. The number of carbonyl (C=O) groups is 2. The average molecular weight is 278 g/mol. The van der Waals surface area contributed by atoms with Gasteiger partial charge in [-0.25, -0.2) is 4.79 Å². The maximum absolute atomic E-state index is 12.2. The van der Waals surface area contributed by atoms with Crippen molar-refractivity contribution in [1.82, 2.24) is 10.2 Å². The molecule has 3 rings (SSSR count). The minimum atomic E-state index is -0.549. The molecule has 1 aliphatic heterocycles. The van der Waals surface area contributed by atoms with Crippen LogP contribution in [0.25, 0.3) is 0 Å². The highest BCUT2D eigenvalue weighted by Gasteiger charge is 2.52. The van der Waals surface area contributed by atoms with Crippen LogP contribution in [0.4, 0.5) is 4.79 Å². The van der Waals surface area contributed by atoms with Crippen LogP contribution in [0.3, 0.4) is 0 Å². The first-order valence-electron chi connectivity index (χ1n) is 6.88. The third-order valence-electron chi connectivity index (χ3n) is 4.25. The predicted octanol–water partition coefficient (Wildman–Crippen LogP) is 2.55.